The Morgan fingerprint density at radius 3 is 2.42 bits per heavy atom. The standard InChI is InChI=1S/C19H24BFN2O3/c1-13(24)23-12-16(20-25-18(2,3)19(4,5)26-20)11-15-7-6-14(8-9-22)10-17(15)21/h6-7,10-11H,8,12H2,1-5H3,(H,23,24). The second kappa shape index (κ2) is 7.61. The van der Waals surface area contributed by atoms with Gasteiger partial charge < -0.3 is 14.6 Å². The highest BCUT2D eigenvalue weighted by Gasteiger charge is 2.52. The predicted octanol–water partition coefficient (Wildman–Crippen LogP) is 3.04. The third-order valence-corrected chi connectivity index (χ3v) is 4.79. The minimum atomic E-state index is -0.690. The van der Waals surface area contributed by atoms with Crippen LogP contribution in [0.1, 0.15) is 45.7 Å². The van der Waals surface area contributed by atoms with Gasteiger partial charge in [-0.15, -0.1) is 0 Å². The highest BCUT2D eigenvalue weighted by Crippen LogP contribution is 2.38. The molecule has 0 spiro atoms. The van der Waals surface area contributed by atoms with E-state index in [0.29, 0.717) is 16.6 Å². The maximum absolute atomic E-state index is 14.4. The molecule has 1 aromatic carbocycles. The molecule has 1 aliphatic heterocycles. The summed E-state index contributed by atoms with van der Waals surface area (Å²) in [6.45, 7) is 9.33. The molecule has 1 saturated heterocycles. The first-order chi connectivity index (χ1) is 12.1. The molecule has 0 bridgehead atoms. The minimum absolute atomic E-state index is 0.150. The van der Waals surface area contributed by atoms with Gasteiger partial charge >= 0.3 is 7.12 Å². The zero-order valence-electron chi connectivity index (χ0n) is 15.9. The summed E-state index contributed by atoms with van der Waals surface area (Å²) in [5.41, 5.74) is 0.499. The van der Waals surface area contributed by atoms with E-state index in [1.165, 1.54) is 13.0 Å². The van der Waals surface area contributed by atoms with Gasteiger partial charge in [-0.05, 0) is 44.8 Å². The minimum Gasteiger partial charge on any atom is -0.400 e. The van der Waals surface area contributed by atoms with E-state index < -0.39 is 24.1 Å². The van der Waals surface area contributed by atoms with E-state index in [1.807, 2.05) is 33.8 Å². The Hall–Kier alpha value is -2.17. The molecule has 1 heterocycles. The molecule has 0 aromatic heterocycles. The molecule has 2 rings (SSSR count). The molecule has 1 amide bonds. The second-order valence-corrected chi connectivity index (χ2v) is 7.41. The normalized spacial score (nSPS) is 18.5. The van der Waals surface area contributed by atoms with Crippen LogP contribution in [0.15, 0.2) is 23.7 Å². The molecule has 0 radical (unpaired) electrons. The van der Waals surface area contributed by atoms with Gasteiger partial charge in [0.25, 0.3) is 0 Å². The Balaban J connectivity index is 2.35. The Kier molecular flexibility index (Phi) is 5.89. The molecule has 1 aliphatic rings. The van der Waals surface area contributed by atoms with Crippen molar-refractivity contribution in [1.29, 1.82) is 5.26 Å². The number of nitrogens with one attached hydrogen (secondary N) is 1. The van der Waals surface area contributed by atoms with E-state index in [-0.39, 0.29) is 18.9 Å². The number of hydrogen-bond donors (Lipinski definition) is 1. The van der Waals surface area contributed by atoms with Gasteiger partial charge in [0.15, 0.2) is 0 Å². The molecule has 0 saturated carbocycles. The van der Waals surface area contributed by atoms with Crippen LogP contribution in [0.2, 0.25) is 0 Å². The van der Waals surface area contributed by atoms with Gasteiger partial charge in [0.05, 0.1) is 23.7 Å². The number of amides is 1. The van der Waals surface area contributed by atoms with Crippen LogP contribution in [0.3, 0.4) is 0 Å². The fourth-order valence-electron chi connectivity index (χ4n) is 2.51. The molecule has 138 valence electrons. The van der Waals surface area contributed by atoms with Crippen molar-refractivity contribution >= 4 is 19.1 Å². The molecule has 5 nitrogen and oxygen atoms in total. The Morgan fingerprint density at radius 1 is 1.31 bits per heavy atom. The van der Waals surface area contributed by atoms with Crippen molar-refractivity contribution in [2.24, 2.45) is 0 Å². The van der Waals surface area contributed by atoms with Gasteiger partial charge in [0.2, 0.25) is 5.91 Å². The summed E-state index contributed by atoms with van der Waals surface area (Å²) in [5.74, 6) is -0.633. The van der Waals surface area contributed by atoms with Crippen molar-refractivity contribution < 1.29 is 18.5 Å². The summed E-state index contributed by atoms with van der Waals surface area (Å²) in [4.78, 5) is 11.3. The van der Waals surface area contributed by atoms with E-state index in [9.17, 15) is 9.18 Å². The zero-order valence-corrected chi connectivity index (χ0v) is 15.9. The first kappa shape index (κ1) is 20.2. The van der Waals surface area contributed by atoms with Crippen LogP contribution in [0.4, 0.5) is 4.39 Å². The van der Waals surface area contributed by atoms with Gasteiger partial charge in [-0.2, -0.15) is 5.26 Å². The third kappa shape index (κ3) is 4.51. The molecular formula is C19H24BFN2O3. The average Bonchev–Trinajstić information content (AvgIpc) is 2.73. The lowest BCUT2D eigenvalue weighted by molar-refractivity contribution is -0.118. The molecular weight excluding hydrogens is 334 g/mol. The Bertz CT molecular complexity index is 753. The lowest BCUT2D eigenvalue weighted by atomic mass is 9.77. The van der Waals surface area contributed by atoms with E-state index >= 15 is 0 Å². The van der Waals surface area contributed by atoms with Gasteiger partial charge in [0.1, 0.15) is 5.82 Å². The van der Waals surface area contributed by atoms with Crippen LogP contribution in [0, 0.1) is 17.1 Å². The van der Waals surface area contributed by atoms with E-state index in [1.54, 1.807) is 18.2 Å². The van der Waals surface area contributed by atoms with Crippen LogP contribution in [-0.2, 0) is 20.5 Å². The molecule has 1 N–H and O–H groups in total. The van der Waals surface area contributed by atoms with Crippen LogP contribution < -0.4 is 5.32 Å². The number of rotatable bonds is 5. The van der Waals surface area contributed by atoms with Gasteiger partial charge in [-0.1, -0.05) is 18.2 Å². The van der Waals surface area contributed by atoms with E-state index in [4.69, 9.17) is 14.6 Å². The van der Waals surface area contributed by atoms with Gasteiger partial charge in [0, 0.05) is 19.0 Å². The van der Waals surface area contributed by atoms with Crippen LogP contribution in [0.5, 0.6) is 0 Å². The predicted molar refractivity (Wildman–Crippen MR) is 98.5 cm³/mol. The number of hydrogen-bond acceptors (Lipinski definition) is 4. The fraction of sp³-hybridized carbons (Fsp3) is 0.474. The number of nitrogens with zero attached hydrogens (tertiary/aromatic N) is 1. The fourth-order valence-corrected chi connectivity index (χ4v) is 2.51. The molecule has 0 aliphatic carbocycles. The summed E-state index contributed by atoms with van der Waals surface area (Å²) in [6.07, 6.45) is 1.78. The summed E-state index contributed by atoms with van der Waals surface area (Å²) >= 11 is 0. The van der Waals surface area contributed by atoms with Crippen molar-refractivity contribution in [3.8, 4) is 6.07 Å². The molecule has 1 aromatic rings. The first-order valence-electron chi connectivity index (χ1n) is 8.51. The number of carbonyl (C=O) groups excluding carboxylic acids is 1. The number of benzene rings is 1. The Labute approximate surface area is 154 Å². The summed E-state index contributed by atoms with van der Waals surface area (Å²) < 4.78 is 26.5. The first-order valence-corrected chi connectivity index (χ1v) is 8.51. The van der Waals surface area contributed by atoms with Gasteiger partial charge in [-0.25, -0.2) is 4.39 Å². The number of carbonyl (C=O) groups is 1. The molecule has 0 unspecified atom stereocenters. The van der Waals surface area contributed by atoms with Crippen molar-refractivity contribution in [3.63, 3.8) is 0 Å². The summed E-state index contributed by atoms with van der Waals surface area (Å²) in [6, 6.07) is 6.66. The molecule has 26 heavy (non-hydrogen) atoms. The largest absolute Gasteiger partial charge is 0.492 e. The van der Waals surface area contributed by atoms with E-state index in [0.717, 1.165) is 0 Å². The number of halogens is 1. The van der Waals surface area contributed by atoms with Crippen LogP contribution in [-0.4, -0.2) is 30.8 Å². The number of nitriles is 1. The van der Waals surface area contributed by atoms with Gasteiger partial charge in [-0.3, -0.25) is 4.79 Å². The maximum Gasteiger partial charge on any atom is 0.492 e. The highest BCUT2D eigenvalue weighted by molar-refractivity contribution is 6.56. The van der Waals surface area contributed by atoms with Crippen molar-refractivity contribution in [2.45, 2.75) is 52.2 Å². The monoisotopic (exact) mass is 358 g/mol. The zero-order chi connectivity index (χ0) is 19.5. The highest BCUT2D eigenvalue weighted by atomic mass is 19.1. The Morgan fingerprint density at radius 2 is 1.92 bits per heavy atom. The maximum atomic E-state index is 14.4. The second-order valence-electron chi connectivity index (χ2n) is 7.41. The molecule has 0 atom stereocenters. The summed E-state index contributed by atoms with van der Waals surface area (Å²) in [7, 11) is -0.690. The molecule has 1 fully saturated rings. The summed E-state index contributed by atoms with van der Waals surface area (Å²) in [5, 5.41) is 11.4. The average molecular weight is 358 g/mol. The topological polar surface area (TPSA) is 71.4 Å². The van der Waals surface area contributed by atoms with Crippen LogP contribution in [0.25, 0.3) is 6.08 Å². The lowest BCUT2D eigenvalue weighted by Crippen LogP contribution is -2.41. The molecule has 7 heteroatoms. The van der Waals surface area contributed by atoms with Crippen LogP contribution >= 0.6 is 0 Å². The van der Waals surface area contributed by atoms with E-state index in [2.05, 4.69) is 5.32 Å². The SMILES string of the molecule is CC(=O)NCC(=Cc1ccc(CC#N)cc1F)B1OC(C)(C)C(C)(C)O1. The quantitative estimate of drug-likeness (QED) is 0.822. The van der Waals surface area contributed by atoms with Crippen molar-refractivity contribution in [1.82, 2.24) is 5.32 Å². The smallest absolute Gasteiger partial charge is 0.400 e. The van der Waals surface area contributed by atoms with Crippen molar-refractivity contribution in [2.75, 3.05) is 6.54 Å². The third-order valence-electron chi connectivity index (χ3n) is 4.79. The van der Waals surface area contributed by atoms with Crippen molar-refractivity contribution in [3.05, 3.63) is 40.6 Å². The lowest BCUT2D eigenvalue weighted by Gasteiger charge is -2.32.